The molecule has 1 heterocycles. The fourth-order valence-electron chi connectivity index (χ4n) is 2.44. The molecule has 0 radical (unpaired) electrons. The van der Waals surface area contributed by atoms with Gasteiger partial charge in [-0.15, -0.1) is 0 Å². The zero-order chi connectivity index (χ0) is 13.0. The molecular weight excluding hydrogens is 220 g/mol. The molecule has 1 fully saturated rings. The quantitative estimate of drug-likeness (QED) is 0.788. The van der Waals surface area contributed by atoms with E-state index >= 15 is 0 Å². The number of carboxylic acids is 1. The van der Waals surface area contributed by atoms with Crippen LogP contribution in [0.5, 0.6) is 0 Å². The molecule has 0 aromatic heterocycles. The standard InChI is InChI=1S/C12H22N2O3/c1-8-4-9(2)7-14(6-8)12(17)13-10(3)5-11(15)16/h8-10H,4-7H2,1-3H3,(H,13,17)(H,15,16). The Morgan fingerprint density at radius 1 is 1.35 bits per heavy atom. The Labute approximate surface area is 102 Å². The lowest BCUT2D eigenvalue weighted by atomic mass is 9.92. The number of amides is 2. The third-order valence-corrected chi connectivity index (χ3v) is 3.01. The summed E-state index contributed by atoms with van der Waals surface area (Å²) in [4.78, 5) is 24.2. The maximum Gasteiger partial charge on any atom is 0.317 e. The summed E-state index contributed by atoms with van der Waals surface area (Å²) in [6.07, 6.45) is 1.11. The summed E-state index contributed by atoms with van der Waals surface area (Å²) in [5.74, 6) is 0.136. The predicted octanol–water partition coefficient (Wildman–Crippen LogP) is 1.54. The second kappa shape index (κ2) is 5.89. The number of hydrogen-bond acceptors (Lipinski definition) is 2. The fourth-order valence-corrected chi connectivity index (χ4v) is 2.44. The molecule has 0 aliphatic carbocycles. The Hall–Kier alpha value is -1.26. The highest BCUT2D eigenvalue weighted by Crippen LogP contribution is 2.20. The smallest absolute Gasteiger partial charge is 0.317 e. The minimum Gasteiger partial charge on any atom is -0.481 e. The average molecular weight is 242 g/mol. The Morgan fingerprint density at radius 2 is 1.88 bits per heavy atom. The van der Waals surface area contributed by atoms with Gasteiger partial charge >= 0.3 is 12.0 Å². The zero-order valence-corrected chi connectivity index (χ0v) is 10.8. The van der Waals surface area contributed by atoms with E-state index in [1.165, 1.54) is 0 Å². The first kappa shape index (κ1) is 13.8. The number of nitrogens with one attached hydrogen (secondary N) is 1. The summed E-state index contributed by atoms with van der Waals surface area (Å²) in [5.41, 5.74) is 0. The van der Waals surface area contributed by atoms with Gasteiger partial charge in [0.05, 0.1) is 6.42 Å². The van der Waals surface area contributed by atoms with Crippen LogP contribution in [0.4, 0.5) is 4.79 Å². The number of likely N-dealkylation sites (tertiary alicyclic amines) is 1. The Balaban J connectivity index is 2.43. The van der Waals surface area contributed by atoms with E-state index < -0.39 is 5.97 Å². The van der Waals surface area contributed by atoms with Crippen molar-refractivity contribution in [2.24, 2.45) is 11.8 Å². The molecule has 0 aromatic carbocycles. The van der Waals surface area contributed by atoms with Crippen molar-refractivity contribution in [1.82, 2.24) is 10.2 Å². The first-order valence-electron chi connectivity index (χ1n) is 6.15. The number of hydrogen-bond donors (Lipinski definition) is 2. The molecule has 2 amide bonds. The lowest BCUT2D eigenvalue weighted by molar-refractivity contribution is -0.137. The summed E-state index contributed by atoms with van der Waals surface area (Å²) < 4.78 is 0. The largest absolute Gasteiger partial charge is 0.481 e. The van der Waals surface area contributed by atoms with Crippen molar-refractivity contribution < 1.29 is 14.7 Å². The molecule has 98 valence electrons. The second-order valence-electron chi connectivity index (χ2n) is 5.30. The van der Waals surface area contributed by atoms with Crippen LogP contribution in [0.1, 0.15) is 33.6 Å². The summed E-state index contributed by atoms with van der Waals surface area (Å²) in [7, 11) is 0. The van der Waals surface area contributed by atoms with Crippen LogP contribution in [0.3, 0.4) is 0 Å². The van der Waals surface area contributed by atoms with E-state index in [0.717, 1.165) is 19.5 Å². The van der Waals surface area contributed by atoms with E-state index in [2.05, 4.69) is 19.2 Å². The third-order valence-electron chi connectivity index (χ3n) is 3.01. The molecule has 1 rings (SSSR count). The molecule has 17 heavy (non-hydrogen) atoms. The van der Waals surface area contributed by atoms with Crippen molar-refractivity contribution >= 4 is 12.0 Å². The van der Waals surface area contributed by atoms with Crippen molar-refractivity contribution in [2.45, 2.75) is 39.7 Å². The molecular formula is C12H22N2O3. The number of carboxylic acid groups (broad SMARTS) is 1. The van der Waals surface area contributed by atoms with Crippen molar-refractivity contribution in [2.75, 3.05) is 13.1 Å². The predicted molar refractivity (Wildman–Crippen MR) is 64.8 cm³/mol. The average Bonchev–Trinajstić information content (AvgIpc) is 2.14. The van der Waals surface area contributed by atoms with Gasteiger partial charge in [0.15, 0.2) is 0 Å². The SMILES string of the molecule is CC1CC(C)CN(C(=O)NC(C)CC(=O)O)C1. The highest BCUT2D eigenvalue weighted by atomic mass is 16.4. The van der Waals surface area contributed by atoms with E-state index in [0.29, 0.717) is 11.8 Å². The second-order valence-corrected chi connectivity index (χ2v) is 5.30. The molecule has 2 N–H and O–H groups in total. The van der Waals surface area contributed by atoms with Crippen molar-refractivity contribution in [3.63, 3.8) is 0 Å². The Bertz CT molecular complexity index is 283. The van der Waals surface area contributed by atoms with Gasteiger partial charge in [0.1, 0.15) is 0 Å². The van der Waals surface area contributed by atoms with Gasteiger partial charge in [-0.2, -0.15) is 0 Å². The van der Waals surface area contributed by atoms with Crippen LogP contribution in [-0.2, 0) is 4.79 Å². The molecule has 3 atom stereocenters. The van der Waals surface area contributed by atoms with Gasteiger partial charge in [-0.25, -0.2) is 4.79 Å². The van der Waals surface area contributed by atoms with Gasteiger partial charge in [-0.3, -0.25) is 4.79 Å². The van der Waals surface area contributed by atoms with E-state index in [1.54, 1.807) is 11.8 Å². The first-order chi connectivity index (χ1) is 7.88. The van der Waals surface area contributed by atoms with Gasteiger partial charge in [0, 0.05) is 19.1 Å². The van der Waals surface area contributed by atoms with Gasteiger partial charge < -0.3 is 15.3 Å². The Kier molecular flexibility index (Phi) is 4.78. The van der Waals surface area contributed by atoms with Gasteiger partial charge in [0.2, 0.25) is 0 Å². The number of urea groups is 1. The zero-order valence-electron chi connectivity index (χ0n) is 10.8. The maximum atomic E-state index is 11.9. The van der Waals surface area contributed by atoms with Gasteiger partial charge in [-0.05, 0) is 25.2 Å². The Morgan fingerprint density at radius 3 is 2.35 bits per heavy atom. The topological polar surface area (TPSA) is 69.6 Å². The normalized spacial score (nSPS) is 26.4. The molecule has 5 nitrogen and oxygen atoms in total. The molecule has 1 saturated heterocycles. The fraction of sp³-hybridized carbons (Fsp3) is 0.833. The van der Waals surface area contributed by atoms with Crippen molar-refractivity contribution in [1.29, 1.82) is 0 Å². The molecule has 5 heteroatoms. The summed E-state index contributed by atoms with van der Waals surface area (Å²) in [6, 6.07) is -0.468. The summed E-state index contributed by atoms with van der Waals surface area (Å²) >= 11 is 0. The van der Waals surface area contributed by atoms with Gasteiger partial charge in [-0.1, -0.05) is 13.8 Å². The van der Waals surface area contributed by atoms with Crippen LogP contribution in [0.25, 0.3) is 0 Å². The molecule has 3 unspecified atom stereocenters. The number of rotatable bonds is 3. The number of piperidine rings is 1. The van der Waals surface area contributed by atoms with Crippen LogP contribution >= 0.6 is 0 Å². The number of nitrogens with zero attached hydrogens (tertiary/aromatic N) is 1. The van der Waals surface area contributed by atoms with E-state index in [1.807, 2.05) is 0 Å². The number of carbonyl (C=O) groups excluding carboxylic acids is 1. The summed E-state index contributed by atoms with van der Waals surface area (Å²) in [6.45, 7) is 7.50. The van der Waals surface area contributed by atoms with Crippen LogP contribution < -0.4 is 5.32 Å². The van der Waals surface area contributed by atoms with E-state index in [4.69, 9.17) is 5.11 Å². The van der Waals surface area contributed by atoms with Crippen LogP contribution in [-0.4, -0.2) is 41.1 Å². The summed E-state index contributed by atoms with van der Waals surface area (Å²) in [5, 5.41) is 11.4. The lowest BCUT2D eigenvalue weighted by Crippen LogP contribution is -2.49. The van der Waals surface area contributed by atoms with Crippen LogP contribution in [0.15, 0.2) is 0 Å². The van der Waals surface area contributed by atoms with Crippen LogP contribution in [0, 0.1) is 11.8 Å². The van der Waals surface area contributed by atoms with Crippen LogP contribution in [0.2, 0.25) is 0 Å². The molecule has 0 saturated carbocycles. The maximum absolute atomic E-state index is 11.9. The molecule has 1 aliphatic heterocycles. The number of aliphatic carboxylic acids is 1. The molecule has 0 aromatic rings. The minimum atomic E-state index is -0.891. The van der Waals surface area contributed by atoms with E-state index in [9.17, 15) is 9.59 Å². The highest BCUT2D eigenvalue weighted by molar-refractivity contribution is 5.76. The highest BCUT2D eigenvalue weighted by Gasteiger charge is 2.26. The molecule has 0 spiro atoms. The number of carbonyl (C=O) groups is 2. The molecule has 1 aliphatic rings. The lowest BCUT2D eigenvalue weighted by Gasteiger charge is -2.35. The van der Waals surface area contributed by atoms with Gasteiger partial charge in [0.25, 0.3) is 0 Å². The molecule has 0 bridgehead atoms. The monoisotopic (exact) mass is 242 g/mol. The third kappa shape index (κ3) is 4.63. The minimum absolute atomic E-state index is 0.0370. The van der Waals surface area contributed by atoms with Crippen molar-refractivity contribution in [3.8, 4) is 0 Å². The van der Waals surface area contributed by atoms with Crippen molar-refractivity contribution in [3.05, 3.63) is 0 Å². The first-order valence-corrected chi connectivity index (χ1v) is 6.15. The van der Waals surface area contributed by atoms with E-state index in [-0.39, 0.29) is 18.5 Å².